The first-order valence-corrected chi connectivity index (χ1v) is 9.48. The summed E-state index contributed by atoms with van der Waals surface area (Å²) in [7, 11) is 0. The Bertz CT molecular complexity index is 489. The summed E-state index contributed by atoms with van der Waals surface area (Å²) < 4.78 is 0. The van der Waals surface area contributed by atoms with Gasteiger partial charge in [-0.1, -0.05) is 91.8 Å². The molecule has 0 aliphatic rings. The minimum atomic E-state index is -0.690. The van der Waals surface area contributed by atoms with Crippen molar-refractivity contribution in [2.24, 2.45) is 0 Å². The lowest BCUT2D eigenvalue weighted by Crippen LogP contribution is -2.28. The van der Waals surface area contributed by atoms with Crippen LogP contribution in [0.25, 0.3) is 0 Å². The number of carbonyl (C=O) groups excluding carboxylic acids is 2. The van der Waals surface area contributed by atoms with Gasteiger partial charge in [0.05, 0.1) is 0 Å². The number of rotatable bonds is 2. The largest absolute Gasteiger partial charge is 0.318 e. The molecule has 0 heterocycles. The number of nitrogens with one attached hydrogen (secondary N) is 2. The molecular formula is C22H36N2O2. The third-order valence-electron chi connectivity index (χ3n) is 2.27. The van der Waals surface area contributed by atoms with E-state index in [1.807, 2.05) is 67.5 Å². The lowest BCUT2D eigenvalue weighted by molar-refractivity contribution is -0.132. The number of hydrogen-bond donors (Lipinski definition) is 2. The highest BCUT2D eigenvalue weighted by Crippen LogP contribution is 2.07. The van der Waals surface area contributed by atoms with Crippen molar-refractivity contribution in [3.8, 4) is 0 Å². The Labute approximate surface area is 160 Å². The van der Waals surface area contributed by atoms with Crippen LogP contribution in [0.2, 0.25) is 0 Å². The highest BCUT2D eigenvalue weighted by Gasteiger charge is 2.13. The Hall–Kier alpha value is -2.62. The van der Waals surface area contributed by atoms with Crippen molar-refractivity contribution < 1.29 is 9.59 Å². The molecule has 0 radical (unpaired) electrons. The molecule has 0 aromatic heterocycles. The normalized spacial score (nSPS) is 7.54. The average molecular weight is 361 g/mol. The van der Waals surface area contributed by atoms with E-state index in [4.69, 9.17) is 0 Å². The van der Waals surface area contributed by atoms with Crippen LogP contribution in [0.15, 0.2) is 60.7 Å². The first kappa shape index (κ1) is 28.2. The zero-order valence-corrected chi connectivity index (χ0v) is 17.6. The molecule has 0 fully saturated rings. The van der Waals surface area contributed by atoms with Gasteiger partial charge in [-0.05, 0) is 24.3 Å². The van der Waals surface area contributed by atoms with E-state index in [2.05, 4.69) is 10.6 Å². The fourth-order valence-corrected chi connectivity index (χ4v) is 1.42. The van der Waals surface area contributed by atoms with E-state index in [0.29, 0.717) is 11.4 Å². The molecule has 0 unspecified atom stereocenters. The summed E-state index contributed by atoms with van der Waals surface area (Å²) in [5, 5.41) is 5.02. The topological polar surface area (TPSA) is 58.2 Å². The van der Waals surface area contributed by atoms with Crippen LogP contribution in [0.5, 0.6) is 0 Å². The Morgan fingerprint density at radius 3 is 0.962 bits per heavy atom. The molecular weight excluding hydrogens is 324 g/mol. The summed E-state index contributed by atoms with van der Waals surface area (Å²) in [4.78, 5) is 23.2. The van der Waals surface area contributed by atoms with Crippen LogP contribution in [0.4, 0.5) is 11.4 Å². The summed E-state index contributed by atoms with van der Waals surface area (Å²) in [6.45, 7) is 16.0. The second-order valence-corrected chi connectivity index (χ2v) is 3.64. The van der Waals surface area contributed by atoms with E-state index >= 15 is 0 Å². The predicted octanol–water partition coefficient (Wildman–Crippen LogP) is 6.37. The lowest BCUT2D eigenvalue weighted by atomic mass is 10.3. The number of amides is 2. The maximum absolute atomic E-state index is 11.6. The first-order chi connectivity index (χ1) is 12.8. The number of benzene rings is 2. The SMILES string of the molecule is CC.CC.CC.CC.O=C(Nc1ccccc1)C(=O)Nc1ccccc1. The van der Waals surface area contributed by atoms with Crippen molar-refractivity contribution >= 4 is 23.2 Å². The number of hydrogen-bond acceptors (Lipinski definition) is 2. The molecule has 0 aliphatic carbocycles. The molecule has 0 spiro atoms. The van der Waals surface area contributed by atoms with Gasteiger partial charge in [-0.3, -0.25) is 9.59 Å². The summed E-state index contributed by atoms with van der Waals surface area (Å²) in [6.07, 6.45) is 0. The summed E-state index contributed by atoms with van der Waals surface area (Å²) in [5.74, 6) is -1.38. The highest BCUT2D eigenvalue weighted by molar-refractivity contribution is 6.43. The summed E-state index contributed by atoms with van der Waals surface area (Å²) in [5.41, 5.74) is 1.18. The Morgan fingerprint density at radius 2 is 0.731 bits per heavy atom. The standard InChI is InChI=1S/C14H12N2O2.4C2H6/c17-13(15-11-7-3-1-4-8-11)14(18)16-12-9-5-2-6-10-12;4*1-2/h1-10H,(H,15,17)(H,16,18);4*1-2H3. The molecule has 0 atom stereocenters. The minimum absolute atomic E-state index is 0.589. The molecule has 0 bridgehead atoms. The minimum Gasteiger partial charge on any atom is -0.318 e. The van der Waals surface area contributed by atoms with Crippen LogP contribution >= 0.6 is 0 Å². The zero-order chi connectivity index (χ0) is 20.8. The van der Waals surface area contributed by atoms with Crippen LogP contribution in [0, 0.1) is 0 Å². The van der Waals surface area contributed by atoms with Gasteiger partial charge in [0, 0.05) is 11.4 Å². The van der Waals surface area contributed by atoms with Crippen molar-refractivity contribution in [2.45, 2.75) is 55.4 Å². The molecule has 146 valence electrons. The molecule has 2 aromatic carbocycles. The number of carbonyl (C=O) groups is 2. The zero-order valence-electron chi connectivity index (χ0n) is 17.6. The number of para-hydroxylation sites is 2. The fraction of sp³-hybridized carbons (Fsp3) is 0.364. The van der Waals surface area contributed by atoms with Crippen molar-refractivity contribution in [2.75, 3.05) is 10.6 Å². The van der Waals surface area contributed by atoms with Crippen LogP contribution in [-0.4, -0.2) is 11.8 Å². The molecule has 0 saturated heterocycles. The predicted molar refractivity (Wildman–Crippen MR) is 116 cm³/mol. The highest BCUT2D eigenvalue weighted by atomic mass is 16.2. The molecule has 4 heteroatoms. The fourth-order valence-electron chi connectivity index (χ4n) is 1.42. The van der Waals surface area contributed by atoms with Crippen LogP contribution in [-0.2, 0) is 9.59 Å². The maximum Gasteiger partial charge on any atom is 0.314 e. The Morgan fingerprint density at radius 1 is 0.500 bits per heavy atom. The van der Waals surface area contributed by atoms with Gasteiger partial charge in [0.1, 0.15) is 0 Å². The third-order valence-corrected chi connectivity index (χ3v) is 2.27. The lowest BCUT2D eigenvalue weighted by Gasteiger charge is -2.05. The van der Waals surface area contributed by atoms with E-state index < -0.39 is 11.8 Å². The van der Waals surface area contributed by atoms with Crippen LogP contribution in [0.3, 0.4) is 0 Å². The van der Waals surface area contributed by atoms with Crippen LogP contribution in [0.1, 0.15) is 55.4 Å². The van der Waals surface area contributed by atoms with Gasteiger partial charge in [0.25, 0.3) is 0 Å². The first-order valence-electron chi connectivity index (χ1n) is 9.48. The smallest absolute Gasteiger partial charge is 0.314 e. The summed E-state index contributed by atoms with van der Waals surface area (Å²) in [6, 6.07) is 17.7. The van der Waals surface area contributed by atoms with Crippen molar-refractivity contribution in [1.29, 1.82) is 0 Å². The average Bonchev–Trinajstić information content (AvgIpc) is 2.75. The second kappa shape index (κ2) is 22.4. The van der Waals surface area contributed by atoms with Crippen molar-refractivity contribution in [3.05, 3.63) is 60.7 Å². The van der Waals surface area contributed by atoms with E-state index in [9.17, 15) is 9.59 Å². The molecule has 2 N–H and O–H groups in total. The van der Waals surface area contributed by atoms with Gasteiger partial charge in [-0.15, -0.1) is 0 Å². The van der Waals surface area contributed by atoms with Gasteiger partial charge < -0.3 is 10.6 Å². The number of anilines is 2. The quantitative estimate of drug-likeness (QED) is 0.611. The molecule has 4 nitrogen and oxygen atoms in total. The molecule has 2 amide bonds. The monoisotopic (exact) mass is 360 g/mol. The Balaban J connectivity index is -0.000000585. The van der Waals surface area contributed by atoms with Crippen molar-refractivity contribution in [3.63, 3.8) is 0 Å². The molecule has 26 heavy (non-hydrogen) atoms. The molecule has 2 rings (SSSR count). The molecule has 2 aromatic rings. The molecule has 0 aliphatic heterocycles. The van der Waals surface area contributed by atoms with Gasteiger partial charge in [0.2, 0.25) is 0 Å². The van der Waals surface area contributed by atoms with E-state index in [-0.39, 0.29) is 0 Å². The van der Waals surface area contributed by atoms with Gasteiger partial charge in [-0.2, -0.15) is 0 Å². The Kier molecular flexibility index (Phi) is 24.3. The van der Waals surface area contributed by atoms with Crippen LogP contribution < -0.4 is 10.6 Å². The van der Waals surface area contributed by atoms with E-state index in [1.165, 1.54) is 0 Å². The van der Waals surface area contributed by atoms with Gasteiger partial charge >= 0.3 is 11.8 Å². The van der Waals surface area contributed by atoms with Gasteiger partial charge in [-0.25, -0.2) is 0 Å². The second-order valence-electron chi connectivity index (χ2n) is 3.64. The maximum atomic E-state index is 11.6. The molecule has 0 saturated carbocycles. The van der Waals surface area contributed by atoms with E-state index in [0.717, 1.165) is 0 Å². The third kappa shape index (κ3) is 13.8. The van der Waals surface area contributed by atoms with Crippen molar-refractivity contribution in [1.82, 2.24) is 0 Å². The van der Waals surface area contributed by atoms with E-state index in [1.54, 1.807) is 48.5 Å². The van der Waals surface area contributed by atoms with Gasteiger partial charge in [0.15, 0.2) is 0 Å². The summed E-state index contributed by atoms with van der Waals surface area (Å²) >= 11 is 0.